The molecule has 0 unspecified atom stereocenters. The molecule has 2 aliphatic heterocycles. The topological polar surface area (TPSA) is 40.6 Å². The van der Waals surface area contributed by atoms with E-state index in [2.05, 4.69) is 0 Å². The van der Waals surface area contributed by atoms with Crippen LogP contribution in [0.2, 0.25) is 5.02 Å². The number of likely N-dealkylation sites (tertiary alicyclic amines) is 2. The van der Waals surface area contributed by atoms with Crippen molar-refractivity contribution in [2.45, 2.75) is 42.8 Å². The highest BCUT2D eigenvalue weighted by molar-refractivity contribution is 7.98. The lowest BCUT2D eigenvalue weighted by molar-refractivity contribution is -0.137. The summed E-state index contributed by atoms with van der Waals surface area (Å²) in [5.74, 6) is 1.30. The molecule has 2 aromatic carbocycles. The zero-order valence-corrected chi connectivity index (χ0v) is 19.3. The van der Waals surface area contributed by atoms with Crippen molar-refractivity contribution in [1.82, 2.24) is 9.80 Å². The summed E-state index contributed by atoms with van der Waals surface area (Å²) in [7, 11) is 0. The predicted octanol–water partition coefficient (Wildman–Crippen LogP) is 5.50. The molecule has 4 rings (SSSR count). The maximum Gasteiger partial charge on any atom is 0.253 e. The summed E-state index contributed by atoms with van der Waals surface area (Å²) >= 11 is 7.68. The van der Waals surface area contributed by atoms with Crippen LogP contribution in [0.3, 0.4) is 0 Å². The number of rotatable bonds is 5. The van der Waals surface area contributed by atoms with Crippen LogP contribution >= 0.6 is 23.4 Å². The zero-order chi connectivity index (χ0) is 21.6. The summed E-state index contributed by atoms with van der Waals surface area (Å²) in [5, 5.41) is 0.743. The second kappa shape index (κ2) is 10.6. The molecule has 2 fully saturated rings. The largest absolute Gasteiger partial charge is 0.342 e. The van der Waals surface area contributed by atoms with Crippen LogP contribution in [-0.2, 0) is 10.5 Å². The van der Waals surface area contributed by atoms with E-state index in [4.69, 9.17) is 11.6 Å². The van der Waals surface area contributed by atoms with E-state index in [-0.39, 0.29) is 11.8 Å². The van der Waals surface area contributed by atoms with E-state index in [0.29, 0.717) is 19.0 Å². The first-order valence-electron chi connectivity index (χ1n) is 11.2. The van der Waals surface area contributed by atoms with Gasteiger partial charge in [-0.3, -0.25) is 9.59 Å². The maximum atomic E-state index is 12.9. The van der Waals surface area contributed by atoms with Gasteiger partial charge in [0.05, 0.1) is 0 Å². The van der Waals surface area contributed by atoms with Crippen LogP contribution in [-0.4, -0.2) is 47.8 Å². The van der Waals surface area contributed by atoms with Gasteiger partial charge < -0.3 is 9.80 Å². The molecule has 4 nitrogen and oxygen atoms in total. The molecule has 0 atom stereocenters. The van der Waals surface area contributed by atoms with Crippen molar-refractivity contribution in [3.05, 3.63) is 64.7 Å². The molecule has 0 saturated carbocycles. The highest BCUT2D eigenvalue weighted by Gasteiger charge is 2.30. The Kier molecular flexibility index (Phi) is 7.57. The molecule has 2 aliphatic rings. The molecule has 2 amide bonds. The Balaban J connectivity index is 1.26. The van der Waals surface area contributed by atoms with Crippen molar-refractivity contribution in [3.63, 3.8) is 0 Å². The van der Waals surface area contributed by atoms with E-state index in [1.165, 1.54) is 16.9 Å². The number of nitrogens with zero attached hydrogens (tertiary/aromatic N) is 2. The molecule has 2 heterocycles. The number of halogens is 1. The lowest BCUT2D eigenvalue weighted by Crippen LogP contribution is -2.45. The van der Waals surface area contributed by atoms with E-state index in [1.807, 2.05) is 58.3 Å². The van der Waals surface area contributed by atoms with E-state index >= 15 is 0 Å². The minimum atomic E-state index is 0.0702. The molecule has 2 saturated heterocycles. The van der Waals surface area contributed by atoms with E-state index in [1.54, 1.807) is 11.8 Å². The summed E-state index contributed by atoms with van der Waals surface area (Å²) in [5.41, 5.74) is 1.91. The zero-order valence-electron chi connectivity index (χ0n) is 17.8. The van der Waals surface area contributed by atoms with Crippen molar-refractivity contribution in [3.8, 4) is 0 Å². The van der Waals surface area contributed by atoms with Crippen molar-refractivity contribution in [2.24, 2.45) is 5.92 Å². The van der Waals surface area contributed by atoms with Crippen LogP contribution in [0.1, 0.15) is 48.0 Å². The third kappa shape index (κ3) is 5.83. The van der Waals surface area contributed by atoms with Crippen LogP contribution < -0.4 is 0 Å². The molecule has 0 bridgehead atoms. The minimum Gasteiger partial charge on any atom is -0.342 e. The molecule has 2 aromatic rings. The van der Waals surface area contributed by atoms with Gasteiger partial charge in [-0.05, 0) is 74.1 Å². The molecule has 0 aliphatic carbocycles. The van der Waals surface area contributed by atoms with Crippen LogP contribution in [0, 0.1) is 5.92 Å². The van der Waals surface area contributed by atoms with Crippen LogP contribution in [0.4, 0.5) is 0 Å². The quantitative estimate of drug-likeness (QED) is 0.558. The number of amides is 2. The summed E-state index contributed by atoms with van der Waals surface area (Å²) in [6.07, 6.45) is 5.03. The van der Waals surface area contributed by atoms with E-state index in [0.717, 1.165) is 55.1 Å². The minimum absolute atomic E-state index is 0.0702. The number of carbonyl (C=O) groups is 2. The van der Waals surface area contributed by atoms with Crippen LogP contribution in [0.15, 0.2) is 53.4 Å². The first kappa shape index (κ1) is 22.2. The Morgan fingerprint density at radius 3 is 2.13 bits per heavy atom. The van der Waals surface area contributed by atoms with Gasteiger partial charge in [-0.15, -0.1) is 11.8 Å². The molecule has 0 radical (unpaired) electrons. The van der Waals surface area contributed by atoms with Gasteiger partial charge in [0.1, 0.15) is 0 Å². The average molecular weight is 457 g/mol. The highest BCUT2D eigenvalue weighted by Crippen LogP contribution is 2.26. The van der Waals surface area contributed by atoms with E-state index in [9.17, 15) is 9.59 Å². The fourth-order valence-electron chi connectivity index (χ4n) is 4.33. The van der Waals surface area contributed by atoms with Crippen molar-refractivity contribution in [1.29, 1.82) is 0 Å². The third-order valence-electron chi connectivity index (χ3n) is 6.22. The van der Waals surface area contributed by atoms with E-state index < -0.39 is 0 Å². The van der Waals surface area contributed by atoms with Crippen LogP contribution in [0.5, 0.6) is 0 Å². The lowest BCUT2D eigenvalue weighted by atomic mass is 9.94. The van der Waals surface area contributed by atoms with Gasteiger partial charge in [0, 0.05) is 53.3 Å². The predicted molar refractivity (Wildman–Crippen MR) is 127 cm³/mol. The second-order valence-electron chi connectivity index (χ2n) is 8.39. The molecule has 0 N–H and O–H groups in total. The monoisotopic (exact) mass is 456 g/mol. The number of benzene rings is 2. The molecular formula is C25H29ClN2O2S. The van der Waals surface area contributed by atoms with Gasteiger partial charge in [-0.1, -0.05) is 23.7 Å². The van der Waals surface area contributed by atoms with Crippen molar-refractivity contribution >= 4 is 35.2 Å². The Labute approximate surface area is 193 Å². The molecule has 0 aromatic heterocycles. The highest BCUT2D eigenvalue weighted by atomic mass is 35.5. The molecule has 31 heavy (non-hydrogen) atoms. The smallest absolute Gasteiger partial charge is 0.253 e. The number of carbonyl (C=O) groups excluding carboxylic acids is 2. The van der Waals surface area contributed by atoms with Crippen molar-refractivity contribution < 1.29 is 9.59 Å². The van der Waals surface area contributed by atoms with Gasteiger partial charge in [0.15, 0.2) is 0 Å². The molecule has 164 valence electrons. The number of hydrogen-bond donors (Lipinski definition) is 0. The van der Waals surface area contributed by atoms with Crippen LogP contribution in [0.25, 0.3) is 0 Å². The molecular weight excluding hydrogens is 428 g/mol. The van der Waals surface area contributed by atoms with Gasteiger partial charge in [0.25, 0.3) is 5.91 Å². The SMILES string of the molecule is O=C(c1ccc(CSc2ccc(Cl)cc2)cc1)N1CCC(C(=O)N2CCCCC2)CC1. The Bertz CT molecular complexity index is 887. The summed E-state index contributed by atoms with van der Waals surface area (Å²) < 4.78 is 0. The molecule has 6 heteroatoms. The summed E-state index contributed by atoms with van der Waals surface area (Å²) in [4.78, 5) is 30.8. The van der Waals surface area contributed by atoms with Gasteiger partial charge >= 0.3 is 0 Å². The number of piperidine rings is 2. The average Bonchev–Trinajstić information content (AvgIpc) is 2.84. The molecule has 0 spiro atoms. The normalized spacial score (nSPS) is 17.6. The number of thioether (sulfide) groups is 1. The van der Waals surface area contributed by atoms with Gasteiger partial charge in [-0.25, -0.2) is 0 Å². The first-order chi connectivity index (χ1) is 15.1. The Morgan fingerprint density at radius 2 is 1.48 bits per heavy atom. The fraction of sp³-hybridized carbons (Fsp3) is 0.440. The standard InChI is InChI=1S/C25H29ClN2O2S/c26-22-8-10-23(11-9-22)31-18-19-4-6-20(7-5-19)24(29)28-16-12-21(13-17-28)25(30)27-14-2-1-3-15-27/h4-11,21H,1-3,12-18H2. The first-order valence-corrected chi connectivity index (χ1v) is 12.5. The fourth-order valence-corrected chi connectivity index (χ4v) is 5.31. The third-order valence-corrected chi connectivity index (χ3v) is 7.55. The van der Waals surface area contributed by atoms with Crippen molar-refractivity contribution in [2.75, 3.05) is 26.2 Å². The lowest BCUT2D eigenvalue weighted by Gasteiger charge is -2.35. The van der Waals surface area contributed by atoms with Gasteiger partial charge in [-0.2, -0.15) is 0 Å². The summed E-state index contributed by atoms with van der Waals surface area (Å²) in [6, 6.07) is 15.7. The summed E-state index contributed by atoms with van der Waals surface area (Å²) in [6.45, 7) is 3.13. The Morgan fingerprint density at radius 1 is 0.839 bits per heavy atom. The van der Waals surface area contributed by atoms with Gasteiger partial charge in [0.2, 0.25) is 5.91 Å². The Hall–Kier alpha value is -1.98. The second-order valence-corrected chi connectivity index (χ2v) is 9.88. The number of hydrogen-bond acceptors (Lipinski definition) is 3. The maximum absolute atomic E-state index is 12.9.